The summed E-state index contributed by atoms with van der Waals surface area (Å²) >= 11 is 1.88. The average Bonchev–Trinajstić information content (AvgIpc) is 2.38. The van der Waals surface area contributed by atoms with E-state index in [2.05, 4.69) is 11.6 Å². The van der Waals surface area contributed by atoms with Gasteiger partial charge in [-0.15, -0.1) is 0 Å². The molecule has 1 aromatic carbocycles. The first-order valence-electron chi connectivity index (χ1n) is 6.44. The molecule has 0 spiro atoms. The Labute approximate surface area is 117 Å². The third-order valence-electron chi connectivity index (χ3n) is 3.57. The molecular weight excluding hydrogens is 262 g/mol. The number of benzene rings is 1. The van der Waals surface area contributed by atoms with Crippen molar-refractivity contribution in [2.45, 2.75) is 37.0 Å². The van der Waals surface area contributed by atoms with Crippen LogP contribution in [-0.4, -0.2) is 22.5 Å². The van der Waals surface area contributed by atoms with Gasteiger partial charge in [-0.1, -0.05) is 12.5 Å². The minimum atomic E-state index is -0.410. The quantitative estimate of drug-likeness (QED) is 0.503. The summed E-state index contributed by atoms with van der Waals surface area (Å²) in [6, 6.07) is 5.35. The molecule has 0 heterocycles. The standard InChI is InChI=1S/C13H19N3O2S/c1-19-10-5-2-4-9(8-10)15-12-7-3-6-11(14)13(12)16(17)18/h3,6-7,9-10,15H,2,4-5,8,14H2,1H3. The van der Waals surface area contributed by atoms with Crippen LogP contribution in [0.1, 0.15) is 25.7 Å². The number of nitrogen functional groups attached to an aromatic ring is 1. The minimum absolute atomic E-state index is 0.00576. The molecule has 0 aromatic heterocycles. The Morgan fingerprint density at radius 2 is 2.26 bits per heavy atom. The van der Waals surface area contributed by atoms with E-state index in [0.29, 0.717) is 17.0 Å². The van der Waals surface area contributed by atoms with Crippen molar-refractivity contribution >= 4 is 28.8 Å². The zero-order valence-corrected chi connectivity index (χ0v) is 11.8. The maximum absolute atomic E-state index is 11.1. The number of nitro groups is 1. The van der Waals surface area contributed by atoms with Crippen LogP contribution in [0.3, 0.4) is 0 Å². The lowest BCUT2D eigenvalue weighted by Crippen LogP contribution is -2.28. The number of nitro benzene ring substituents is 1. The minimum Gasteiger partial charge on any atom is -0.393 e. The fraction of sp³-hybridized carbons (Fsp3) is 0.538. The van der Waals surface area contributed by atoms with Gasteiger partial charge < -0.3 is 11.1 Å². The van der Waals surface area contributed by atoms with Crippen molar-refractivity contribution in [1.82, 2.24) is 0 Å². The van der Waals surface area contributed by atoms with Crippen LogP contribution in [0.5, 0.6) is 0 Å². The number of nitrogens with one attached hydrogen (secondary N) is 1. The molecule has 6 heteroatoms. The first kappa shape index (κ1) is 14.0. The summed E-state index contributed by atoms with van der Waals surface area (Å²) in [4.78, 5) is 10.7. The van der Waals surface area contributed by atoms with Crippen LogP contribution in [-0.2, 0) is 0 Å². The van der Waals surface area contributed by atoms with Crippen molar-refractivity contribution in [2.75, 3.05) is 17.3 Å². The number of anilines is 2. The van der Waals surface area contributed by atoms with Crippen molar-refractivity contribution < 1.29 is 4.92 Å². The van der Waals surface area contributed by atoms with Crippen LogP contribution < -0.4 is 11.1 Å². The second-order valence-electron chi connectivity index (χ2n) is 4.87. The van der Waals surface area contributed by atoms with E-state index in [9.17, 15) is 10.1 Å². The zero-order valence-electron chi connectivity index (χ0n) is 11.0. The fourth-order valence-corrected chi connectivity index (χ4v) is 3.42. The fourth-order valence-electron chi connectivity index (χ4n) is 2.59. The van der Waals surface area contributed by atoms with E-state index in [-0.39, 0.29) is 11.4 Å². The van der Waals surface area contributed by atoms with Gasteiger partial charge in [0.05, 0.1) is 4.92 Å². The third kappa shape index (κ3) is 3.32. The molecule has 0 amide bonds. The highest BCUT2D eigenvalue weighted by Gasteiger charge is 2.24. The van der Waals surface area contributed by atoms with Crippen LogP contribution in [0.25, 0.3) is 0 Å². The molecular formula is C13H19N3O2S. The highest BCUT2D eigenvalue weighted by molar-refractivity contribution is 7.99. The third-order valence-corrected chi connectivity index (χ3v) is 4.66. The Hall–Kier alpha value is -1.43. The number of hydrogen-bond donors (Lipinski definition) is 2. The lowest BCUT2D eigenvalue weighted by atomic mass is 9.94. The largest absolute Gasteiger partial charge is 0.393 e. The van der Waals surface area contributed by atoms with Gasteiger partial charge in [-0.3, -0.25) is 10.1 Å². The topological polar surface area (TPSA) is 81.2 Å². The van der Waals surface area contributed by atoms with Crippen molar-refractivity contribution in [3.8, 4) is 0 Å². The van der Waals surface area contributed by atoms with Crippen LogP contribution in [0.2, 0.25) is 0 Å². The van der Waals surface area contributed by atoms with Crippen molar-refractivity contribution in [1.29, 1.82) is 0 Å². The Morgan fingerprint density at radius 1 is 1.47 bits per heavy atom. The molecule has 0 aliphatic heterocycles. The monoisotopic (exact) mass is 281 g/mol. The summed E-state index contributed by atoms with van der Waals surface area (Å²) in [5.74, 6) is 0. The molecule has 2 rings (SSSR count). The summed E-state index contributed by atoms with van der Waals surface area (Å²) in [5, 5.41) is 15.0. The summed E-state index contributed by atoms with van der Waals surface area (Å²) in [5.41, 5.74) is 6.44. The van der Waals surface area contributed by atoms with Gasteiger partial charge in [0.15, 0.2) is 0 Å². The van der Waals surface area contributed by atoms with E-state index in [4.69, 9.17) is 5.73 Å². The van der Waals surface area contributed by atoms with Gasteiger partial charge in [0, 0.05) is 11.3 Å². The first-order chi connectivity index (χ1) is 9.11. The van der Waals surface area contributed by atoms with Gasteiger partial charge in [0.25, 0.3) is 0 Å². The molecule has 0 saturated heterocycles. The lowest BCUT2D eigenvalue weighted by molar-refractivity contribution is -0.383. The summed E-state index contributed by atoms with van der Waals surface area (Å²) in [6.07, 6.45) is 6.63. The van der Waals surface area contributed by atoms with Crippen LogP contribution in [0.4, 0.5) is 17.1 Å². The summed E-state index contributed by atoms with van der Waals surface area (Å²) in [7, 11) is 0. The number of rotatable bonds is 4. The van der Waals surface area contributed by atoms with Crippen molar-refractivity contribution in [3.63, 3.8) is 0 Å². The summed E-state index contributed by atoms with van der Waals surface area (Å²) < 4.78 is 0. The molecule has 1 fully saturated rings. The second-order valence-corrected chi connectivity index (χ2v) is 6.00. The molecule has 104 valence electrons. The number of thioether (sulfide) groups is 1. The van der Waals surface area contributed by atoms with E-state index in [0.717, 1.165) is 12.8 Å². The number of nitrogens with zero attached hydrogens (tertiary/aromatic N) is 1. The molecule has 0 bridgehead atoms. The van der Waals surface area contributed by atoms with Gasteiger partial charge in [-0.2, -0.15) is 11.8 Å². The number of nitrogens with two attached hydrogens (primary N) is 1. The van der Waals surface area contributed by atoms with Crippen LogP contribution >= 0.6 is 11.8 Å². The van der Waals surface area contributed by atoms with Gasteiger partial charge in [-0.25, -0.2) is 0 Å². The van der Waals surface area contributed by atoms with Crippen molar-refractivity contribution in [3.05, 3.63) is 28.3 Å². The average molecular weight is 281 g/mol. The highest BCUT2D eigenvalue weighted by atomic mass is 32.2. The predicted molar refractivity (Wildman–Crippen MR) is 80.7 cm³/mol. The van der Waals surface area contributed by atoms with Gasteiger partial charge >= 0.3 is 5.69 Å². The Kier molecular flexibility index (Phi) is 4.52. The second kappa shape index (κ2) is 6.14. The molecule has 2 unspecified atom stereocenters. The number of hydrogen-bond acceptors (Lipinski definition) is 5. The smallest absolute Gasteiger partial charge is 0.314 e. The van der Waals surface area contributed by atoms with Crippen LogP contribution in [0.15, 0.2) is 18.2 Å². The zero-order chi connectivity index (χ0) is 13.8. The summed E-state index contributed by atoms with van der Waals surface area (Å²) in [6.45, 7) is 0. The maximum atomic E-state index is 11.1. The number of para-hydroxylation sites is 1. The van der Waals surface area contributed by atoms with Crippen molar-refractivity contribution in [2.24, 2.45) is 0 Å². The van der Waals surface area contributed by atoms with Crippen LogP contribution in [0, 0.1) is 10.1 Å². The van der Waals surface area contributed by atoms with Gasteiger partial charge in [0.1, 0.15) is 11.4 Å². The van der Waals surface area contributed by atoms with Gasteiger partial charge in [-0.05, 0) is 37.7 Å². The molecule has 1 saturated carbocycles. The lowest BCUT2D eigenvalue weighted by Gasteiger charge is -2.29. The van der Waals surface area contributed by atoms with E-state index >= 15 is 0 Å². The maximum Gasteiger partial charge on any atom is 0.314 e. The Balaban J connectivity index is 2.14. The Morgan fingerprint density at radius 3 is 2.95 bits per heavy atom. The SMILES string of the molecule is CSC1CCCC(Nc2cccc(N)c2[N+](=O)[O-])C1. The Bertz CT molecular complexity index is 467. The first-order valence-corrected chi connectivity index (χ1v) is 7.72. The molecule has 1 aromatic rings. The normalized spacial score (nSPS) is 23.0. The van der Waals surface area contributed by atoms with E-state index < -0.39 is 4.92 Å². The molecule has 1 aliphatic rings. The van der Waals surface area contributed by atoms with E-state index in [1.54, 1.807) is 18.2 Å². The molecule has 5 nitrogen and oxygen atoms in total. The molecule has 2 atom stereocenters. The molecule has 1 aliphatic carbocycles. The van der Waals surface area contributed by atoms with E-state index in [1.165, 1.54) is 12.8 Å². The molecule has 3 N–H and O–H groups in total. The predicted octanol–water partition coefficient (Wildman–Crippen LogP) is 3.26. The van der Waals surface area contributed by atoms with E-state index in [1.807, 2.05) is 11.8 Å². The molecule has 0 radical (unpaired) electrons. The van der Waals surface area contributed by atoms with Gasteiger partial charge in [0.2, 0.25) is 0 Å². The highest BCUT2D eigenvalue weighted by Crippen LogP contribution is 2.34. The molecule has 19 heavy (non-hydrogen) atoms.